The monoisotopic (exact) mass is 371 g/mol. The molecule has 1 atom stereocenters. The van der Waals surface area contributed by atoms with Crippen molar-refractivity contribution in [2.75, 3.05) is 21.3 Å². The topological polar surface area (TPSA) is 68.2 Å². The van der Waals surface area contributed by atoms with Gasteiger partial charge in [-0.3, -0.25) is 4.79 Å². The van der Waals surface area contributed by atoms with Crippen LogP contribution in [0.1, 0.15) is 24.0 Å². The zero-order chi connectivity index (χ0) is 19.4. The molecule has 1 amide bonds. The highest BCUT2D eigenvalue weighted by atomic mass is 16.5. The largest absolute Gasteiger partial charge is 0.504 e. The molecule has 144 valence electrons. The van der Waals surface area contributed by atoms with Gasteiger partial charge in [-0.2, -0.15) is 0 Å². The van der Waals surface area contributed by atoms with Gasteiger partial charge in [0, 0.05) is 19.0 Å². The standard InChI is InChI=1S/C21H25NO5/c1-25-18-7-5-15(11-17(18)23)13-22-16(6-9-21(22)24)10-14-4-8-19(26-2)20(12-14)27-3/h4-5,7-8,11-12,16,23H,6,9-10,13H2,1-3H3/t16-/m0/s1. The second-order valence-electron chi connectivity index (χ2n) is 6.61. The Morgan fingerprint density at radius 2 is 1.63 bits per heavy atom. The quantitative estimate of drug-likeness (QED) is 0.810. The van der Waals surface area contributed by atoms with Crippen molar-refractivity contribution in [2.24, 2.45) is 0 Å². The van der Waals surface area contributed by atoms with E-state index in [4.69, 9.17) is 14.2 Å². The number of nitrogens with zero attached hydrogens (tertiary/aromatic N) is 1. The first-order chi connectivity index (χ1) is 13.0. The highest BCUT2D eigenvalue weighted by molar-refractivity contribution is 5.78. The second kappa shape index (κ2) is 8.20. The Morgan fingerprint density at radius 3 is 2.30 bits per heavy atom. The molecule has 0 unspecified atom stereocenters. The maximum absolute atomic E-state index is 12.4. The van der Waals surface area contributed by atoms with Gasteiger partial charge in [-0.1, -0.05) is 12.1 Å². The van der Waals surface area contributed by atoms with Crippen LogP contribution in [0.2, 0.25) is 0 Å². The third-order valence-corrected chi connectivity index (χ3v) is 4.97. The van der Waals surface area contributed by atoms with E-state index < -0.39 is 0 Å². The summed E-state index contributed by atoms with van der Waals surface area (Å²) in [6.07, 6.45) is 2.10. The molecule has 1 aliphatic rings. The van der Waals surface area contributed by atoms with E-state index in [0.29, 0.717) is 30.2 Å². The summed E-state index contributed by atoms with van der Waals surface area (Å²) < 4.78 is 15.7. The molecule has 1 saturated heterocycles. The van der Waals surface area contributed by atoms with Crippen molar-refractivity contribution in [3.63, 3.8) is 0 Å². The molecule has 0 aliphatic carbocycles. The summed E-state index contributed by atoms with van der Waals surface area (Å²) in [5.41, 5.74) is 1.97. The maximum Gasteiger partial charge on any atom is 0.223 e. The number of likely N-dealkylation sites (tertiary alicyclic amines) is 1. The van der Waals surface area contributed by atoms with Gasteiger partial charge in [-0.15, -0.1) is 0 Å². The van der Waals surface area contributed by atoms with Crippen molar-refractivity contribution < 1.29 is 24.1 Å². The zero-order valence-corrected chi connectivity index (χ0v) is 15.9. The van der Waals surface area contributed by atoms with E-state index >= 15 is 0 Å². The van der Waals surface area contributed by atoms with E-state index in [1.165, 1.54) is 7.11 Å². The normalized spacial score (nSPS) is 16.5. The number of ether oxygens (including phenoxy) is 3. The Hall–Kier alpha value is -2.89. The molecule has 0 spiro atoms. The van der Waals surface area contributed by atoms with Gasteiger partial charge < -0.3 is 24.2 Å². The minimum absolute atomic E-state index is 0.0816. The molecule has 0 bridgehead atoms. The number of carbonyl (C=O) groups excluding carboxylic acids is 1. The fraction of sp³-hybridized carbons (Fsp3) is 0.381. The first-order valence-electron chi connectivity index (χ1n) is 8.92. The number of phenols is 1. The van der Waals surface area contributed by atoms with Crippen LogP contribution in [-0.2, 0) is 17.8 Å². The smallest absolute Gasteiger partial charge is 0.223 e. The van der Waals surface area contributed by atoms with Crippen LogP contribution in [0.15, 0.2) is 36.4 Å². The van der Waals surface area contributed by atoms with Crippen molar-refractivity contribution >= 4 is 5.91 Å². The van der Waals surface area contributed by atoms with Crippen molar-refractivity contribution in [1.82, 2.24) is 4.90 Å². The van der Waals surface area contributed by atoms with Gasteiger partial charge in [0.05, 0.1) is 21.3 Å². The number of benzene rings is 2. The molecular weight excluding hydrogens is 346 g/mol. The highest BCUT2D eigenvalue weighted by Gasteiger charge is 2.31. The van der Waals surface area contributed by atoms with Crippen LogP contribution >= 0.6 is 0 Å². The molecule has 0 saturated carbocycles. The molecular formula is C21H25NO5. The Labute approximate surface area is 159 Å². The van der Waals surface area contributed by atoms with Gasteiger partial charge in [-0.05, 0) is 48.2 Å². The number of amides is 1. The molecule has 27 heavy (non-hydrogen) atoms. The van der Waals surface area contributed by atoms with E-state index in [-0.39, 0.29) is 17.7 Å². The number of hydrogen-bond donors (Lipinski definition) is 1. The molecule has 3 rings (SSSR count). The van der Waals surface area contributed by atoms with E-state index in [2.05, 4.69) is 0 Å². The molecule has 6 nitrogen and oxygen atoms in total. The molecule has 6 heteroatoms. The minimum Gasteiger partial charge on any atom is -0.504 e. The van der Waals surface area contributed by atoms with Crippen molar-refractivity contribution in [3.05, 3.63) is 47.5 Å². The number of hydrogen-bond acceptors (Lipinski definition) is 5. The molecule has 2 aromatic rings. The summed E-state index contributed by atoms with van der Waals surface area (Å²) in [6.45, 7) is 0.467. The molecule has 1 heterocycles. The third-order valence-electron chi connectivity index (χ3n) is 4.97. The summed E-state index contributed by atoms with van der Waals surface area (Å²) in [6, 6.07) is 11.2. The number of carbonyl (C=O) groups is 1. The SMILES string of the molecule is COc1ccc(CN2C(=O)CC[C@H]2Cc2ccc(OC)c(OC)c2)cc1O. The van der Waals surface area contributed by atoms with Crippen molar-refractivity contribution in [3.8, 4) is 23.0 Å². The zero-order valence-electron chi connectivity index (χ0n) is 15.9. The predicted octanol–water partition coefficient (Wildman–Crippen LogP) is 3.15. The first-order valence-corrected chi connectivity index (χ1v) is 8.92. The first kappa shape index (κ1) is 18.9. The van der Waals surface area contributed by atoms with E-state index in [1.807, 2.05) is 29.2 Å². The van der Waals surface area contributed by atoms with Crippen LogP contribution in [0.25, 0.3) is 0 Å². The molecule has 0 aromatic heterocycles. The van der Waals surface area contributed by atoms with E-state index in [1.54, 1.807) is 26.4 Å². The van der Waals surface area contributed by atoms with Gasteiger partial charge in [0.15, 0.2) is 23.0 Å². The summed E-state index contributed by atoms with van der Waals surface area (Å²) >= 11 is 0. The van der Waals surface area contributed by atoms with Gasteiger partial charge >= 0.3 is 0 Å². The average Bonchev–Trinajstić information content (AvgIpc) is 3.01. The molecule has 1 N–H and O–H groups in total. The summed E-state index contributed by atoms with van der Waals surface area (Å²) in [4.78, 5) is 14.3. The summed E-state index contributed by atoms with van der Waals surface area (Å²) in [7, 11) is 4.74. The van der Waals surface area contributed by atoms with Gasteiger partial charge in [-0.25, -0.2) is 0 Å². The lowest BCUT2D eigenvalue weighted by Crippen LogP contribution is -2.33. The molecule has 1 aliphatic heterocycles. The van der Waals surface area contributed by atoms with Gasteiger partial charge in [0.1, 0.15) is 0 Å². The fourth-order valence-corrected chi connectivity index (χ4v) is 3.53. The second-order valence-corrected chi connectivity index (χ2v) is 6.61. The predicted molar refractivity (Wildman–Crippen MR) is 101 cm³/mol. The number of rotatable bonds is 7. The molecule has 0 radical (unpaired) electrons. The summed E-state index contributed by atoms with van der Waals surface area (Å²) in [5, 5.41) is 9.99. The molecule has 1 fully saturated rings. The number of phenolic OH excluding ortho intramolecular Hbond substituents is 1. The Kier molecular flexibility index (Phi) is 5.74. The van der Waals surface area contributed by atoms with Crippen molar-refractivity contribution in [2.45, 2.75) is 31.8 Å². The Balaban J connectivity index is 1.75. The number of aromatic hydroxyl groups is 1. The maximum atomic E-state index is 12.4. The van der Waals surface area contributed by atoms with Crippen LogP contribution in [0.4, 0.5) is 0 Å². The number of methoxy groups -OCH3 is 3. The third kappa shape index (κ3) is 4.10. The van der Waals surface area contributed by atoms with Gasteiger partial charge in [0.25, 0.3) is 0 Å². The molecule has 2 aromatic carbocycles. The lowest BCUT2D eigenvalue weighted by Gasteiger charge is -2.25. The highest BCUT2D eigenvalue weighted by Crippen LogP contribution is 2.32. The van der Waals surface area contributed by atoms with Crippen LogP contribution in [0.3, 0.4) is 0 Å². The van der Waals surface area contributed by atoms with Gasteiger partial charge in [0.2, 0.25) is 5.91 Å². The van der Waals surface area contributed by atoms with Crippen LogP contribution in [0.5, 0.6) is 23.0 Å². The Bertz CT molecular complexity index is 820. The van der Waals surface area contributed by atoms with Crippen molar-refractivity contribution in [1.29, 1.82) is 0 Å². The minimum atomic E-state index is 0.0816. The summed E-state index contributed by atoms with van der Waals surface area (Å²) in [5.74, 6) is 2.02. The Morgan fingerprint density at radius 1 is 0.963 bits per heavy atom. The van der Waals surface area contributed by atoms with E-state index in [0.717, 1.165) is 24.0 Å². The van der Waals surface area contributed by atoms with Crippen LogP contribution in [-0.4, -0.2) is 43.3 Å². The average molecular weight is 371 g/mol. The van der Waals surface area contributed by atoms with Crippen LogP contribution in [0, 0.1) is 0 Å². The lowest BCUT2D eigenvalue weighted by atomic mass is 10.0. The van der Waals surface area contributed by atoms with E-state index in [9.17, 15) is 9.90 Å². The van der Waals surface area contributed by atoms with Crippen LogP contribution < -0.4 is 14.2 Å². The lowest BCUT2D eigenvalue weighted by molar-refractivity contribution is -0.129. The fourth-order valence-electron chi connectivity index (χ4n) is 3.53.